The van der Waals surface area contributed by atoms with E-state index in [1.165, 1.54) is 0 Å². The molecule has 0 bridgehead atoms. The molecule has 2 unspecified atom stereocenters. The molecule has 5 rings (SSSR count). The zero-order valence-corrected chi connectivity index (χ0v) is 23.2. The van der Waals surface area contributed by atoms with Gasteiger partial charge in [0.25, 0.3) is 5.91 Å². The van der Waals surface area contributed by atoms with Crippen LogP contribution in [-0.2, 0) is 13.6 Å². The summed E-state index contributed by atoms with van der Waals surface area (Å²) in [5.41, 5.74) is 3.92. The summed E-state index contributed by atoms with van der Waals surface area (Å²) in [5, 5.41) is 7.68. The van der Waals surface area contributed by atoms with Crippen LogP contribution in [0.2, 0.25) is 0 Å². The van der Waals surface area contributed by atoms with E-state index in [2.05, 4.69) is 51.1 Å². The van der Waals surface area contributed by atoms with Crippen LogP contribution in [0.25, 0.3) is 16.9 Å². The van der Waals surface area contributed by atoms with Crippen LogP contribution in [0.5, 0.6) is 0 Å². The van der Waals surface area contributed by atoms with E-state index in [-0.39, 0.29) is 34.4 Å². The number of rotatable bonds is 5. The van der Waals surface area contributed by atoms with Crippen molar-refractivity contribution < 1.29 is 4.79 Å². The van der Waals surface area contributed by atoms with E-state index in [4.69, 9.17) is 4.98 Å². The zero-order valence-electron chi connectivity index (χ0n) is 23.2. The number of nitrogens with one attached hydrogen (secondary N) is 1. The van der Waals surface area contributed by atoms with Crippen LogP contribution in [0.1, 0.15) is 75.9 Å². The van der Waals surface area contributed by atoms with E-state index in [1.807, 2.05) is 41.0 Å². The molecule has 1 N–H and O–H groups in total. The van der Waals surface area contributed by atoms with Gasteiger partial charge >= 0.3 is 5.69 Å². The number of aromatic nitrogens is 5. The summed E-state index contributed by atoms with van der Waals surface area (Å²) in [6.45, 7) is 11.5. The Kier molecular flexibility index (Phi) is 6.53. The van der Waals surface area contributed by atoms with Gasteiger partial charge in [-0.05, 0) is 54.4 Å². The van der Waals surface area contributed by atoms with Crippen LogP contribution in [-0.4, -0.2) is 35.8 Å². The van der Waals surface area contributed by atoms with Crippen LogP contribution >= 0.6 is 0 Å². The first-order valence-electron chi connectivity index (χ1n) is 13.4. The maximum Gasteiger partial charge on any atom is 0.330 e. The minimum atomic E-state index is -0.115. The fourth-order valence-electron chi connectivity index (χ4n) is 5.51. The van der Waals surface area contributed by atoms with Crippen molar-refractivity contribution in [3.8, 4) is 5.69 Å². The van der Waals surface area contributed by atoms with Crippen molar-refractivity contribution in [3.63, 3.8) is 0 Å². The molecule has 2 atom stereocenters. The Morgan fingerprint density at radius 3 is 2.58 bits per heavy atom. The minimum absolute atomic E-state index is 0.0133. The number of nitrogens with zero attached hydrogens (tertiary/aromatic N) is 5. The number of aryl methyl sites for hydroxylation is 1. The molecule has 3 aromatic heterocycles. The van der Waals surface area contributed by atoms with E-state index in [1.54, 1.807) is 28.7 Å². The Bertz CT molecular complexity index is 1520. The molecule has 4 aromatic rings. The molecule has 0 saturated heterocycles. The highest BCUT2D eigenvalue weighted by Gasteiger charge is 2.38. The average Bonchev–Trinajstić information content (AvgIpc) is 3.45. The molecule has 0 radical (unpaired) electrons. The lowest BCUT2D eigenvalue weighted by atomic mass is 9.68. The van der Waals surface area contributed by atoms with Crippen LogP contribution in [0.4, 0.5) is 0 Å². The molecule has 38 heavy (non-hydrogen) atoms. The Labute approximate surface area is 223 Å². The molecule has 1 aliphatic rings. The molecule has 1 saturated carbocycles. The van der Waals surface area contributed by atoms with Gasteiger partial charge in [-0.2, -0.15) is 5.10 Å². The Hall–Kier alpha value is -3.68. The SMILES string of the molecule is Cn1c(=O)n(CC(C)(C)C)c2ccc(C3CCC(C)(C)C(NC(=O)c4cnn(-c5ccccc5)c4)C3)nc21. The molecule has 0 aliphatic heterocycles. The Morgan fingerprint density at radius 2 is 1.87 bits per heavy atom. The monoisotopic (exact) mass is 514 g/mol. The van der Waals surface area contributed by atoms with Gasteiger partial charge in [0.1, 0.15) is 0 Å². The van der Waals surface area contributed by atoms with E-state index < -0.39 is 0 Å². The first-order chi connectivity index (χ1) is 17.9. The number of benzene rings is 1. The van der Waals surface area contributed by atoms with Crippen molar-refractivity contribution in [3.05, 3.63) is 76.6 Å². The lowest BCUT2D eigenvalue weighted by Crippen LogP contribution is -2.48. The van der Waals surface area contributed by atoms with Crippen LogP contribution in [0, 0.1) is 10.8 Å². The number of hydrogen-bond donors (Lipinski definition) is 1. The lowest BCUT2D eigenvalue weighted by Gasteiger charge is -2.42. The van der Waals surface area contributed by atoms with Crippen molar-refractivity contribution in [2.75, 3.05) is 0 Å². The maximum atomic E-state index is 13.2. The van der Waals surface area contributed by atoms with Gasteiger partial charge in [-0.1, -0.05) is 52.8 Å². The molecular weight excluding hydrogens is 476 g/mol. The quantitative estimate of drug-likeness (QED) is 0.403. The molecule has 1 aromatic carbocycles. The molecule has 1 aliphatic carbocycles. The molecule has 1 fully saturated rings. The summed E-state index contributed by atoms with van der Waals surface area (Å²) < 4.78 is 5.20. The number of hydrogen-bond acceptors (Lipinski definition) is 4. The maximum absolute atomic E-state index is 13.2. The third-order valence-corrected chi connectivity index (χ3v) is 7.82. The predicted molar refractivity (Wildman–Crippen MR) is 150 cm³/mol. The standard InChI is InChI=1S/C30H38N6O2/c1-29(2,3)19-35-24-13-12-23(32-26(24)34(6)28(35)38)20-14-15-30(4,5)25(16-20)33-27(37)21-17-31-36(18-21)22-10-8-7-9-11-22/h7-13,17-18,20,25H,14-16,19H2,1-6H3,(H,33,37). The third-order valence-electron chi connectivity index (χ3n) is 7.82. The van der Waals surface area contributed by atoms with Gasteiger partial charge in [0.2, 0.25) is 0 Å². The van der Waals surface area contributed by atoms with Crippen LogP contribution in [0.3, 0.4) is 0 Å². The Balaban J connectivity index is 1.36. The summed E-state index contributed by atoms with van der Waals surface area (Å²) in [4.78, 5) is 31.2. The second-order valence-corrected chi connectivity index (χ2v) is 12.6. The highest BCUT2D eigenvalue weighted by Crippen LogP contribution is 2.42. The molecular formula is C30H38N6O2. The zero-order chi connectivity index (χ0) is 27.2. The topological polar surface area (TPSA) is 86.7 Å². The molecule has 1 amide bonds. The first-order valence-corrected chi connectivity index (χ1v) is 13.4. The number of para-hydroxylation sites is 1. The van der Waals surface area contributed by atoms with Crippen molar-refractivity contribution >= 4 is 17.1 Å². The van der Waals surface area contributed by atoms with Gasteiger partial charge in [-0.25, -0.2) is 14.5 Å². The second-order valence-electron chi connectivity index (χ2n) is 12.6. The van der Waals surface area contributed by atoms with E-state index >= 15 is 0 Å². The molecule has 8 nitrogen and oxygen atoms in total. The summed E-state index contributed by atoms with van der Waals surface area (Å²) in [6, 6.07) is 13.9. The predicted octanol–water partition coefficient (Wildman–Crippen LogP) is 5.06. The normalized spacial score (nSPS) is 19.5. The van der Waals surface area contributed by atoms with Gasteiger partial charge in [-0.15, -0.1) is 0 Å². The molecule has 8 heteroatoms. The van der Waals surface area contributed by atoms with Gasteiger partial charge in [0.05, 0.1) is 23.0 Å². The summed E-state index contributed by atoms with van der Waals surface area (Å²) in [7, 11) is 1.79. The summed E-state index contributed by atoms with van der Waals surface area (Å²) in [5.74, 6) is 0.0850. The number of pyridine rings is 1. The third kappa shape index (κ3) is 5.04. The van der Waals surface area contributed by atoms with Crippen molar-refractivity contribution in [1.29, 1.82) is 0 Å². The second kappa shape index (κ2) is 9.57. The van der Waals surface area contributed by atoms with Gasteiger partial charge < -0.3 is 5.32 Å². The minimum Gasteiger partial charge on any atom is -0.349 e. The van der Waals surface area contributed by atoms with Crippen molar-refractivity contribution in [2.45, 2.75) is 72.4 Å². The van der Waals surface area contributed by atoms with Crippen molar-refractivity contribution in [2.24, 2.45) is 17.9 Å². The highest BCUT2D eigenvalue weighted by atomic mass is 16.2. The fraction of sp³-hybridized carbons (Fsp3) is 0.467. The number of fused-ring (bicyclic) bond motifs is 1. The van der Waals surface area contributed by atoms with Gasteiger partial charge in [-0.3, -0.25) is 13.9 Å². The van der Waals surface area contributed by atoms with Crippen molar-refractivity contribution in [1.82, 2.24) is 29.2 Å². The smallest absolute Gasteiger partial charge is 0.330 e. The number of imidazole rings is 1. The molecule has 0 spiro atoms. The molecule has 200 valence electrons. The number of carbonyl (C=O) groups excluding carboxylic acids is 1. The average molecular weight is 515 g/mol. The fourth-order valence-corrected chi connectivity index (χ4v) is 5.51. The highest BCUT2D eigenvalue weighted by molar-refractivity contribution is 5.94. The number of amides is 1. The van der Waals surface area contributed by atoms with Crippen LogP contribution in [0.15, 0.2) is 59.7 Å². The van der Waals surface area contributed by atoms with Gasteiger partial charge in [0.15, 0.2) is 5.65 Å². The van der Waals surface area contributed by atoms with Gasteiger partial charge in [0, 0.05) is 37.4 Å². The van der Waals surface area contributed by atoms with E-state index in [0.29, 0.717) is 12.1 Å². The summed E-state index contributed by atoms with van der Waals surface area (Å²) in [6.07, 6.45) is 6.14. The summed E-state index contributed by atoms with van der Waals surface area (Å²) >= 11 is 0. The Morgan fingerprint density at radius 1 is 1.13 bits per heavy atom. The number of carbonyl (C=O) groups is 1. The lowest BCUT2D eigenvalue weighted by molar-refractivity contribution is 0.0836. The van der Waals surface area contributed by atoms with Crippen LogP contribution < -0.4 is 11.0 Å². The molecule has 3 heterocycles. The first kappa shape index (κ1) is 25.9. The largest absolute Gasteiger partial charge is 0.349 e. The van der Waals surface area contributed by atoms with E-state index in [0.717, 1.165) is 41.8 Å². The van der Waals surface area contributed by atoms with E-state index in [9.17, 15) is 9.59 Å².